The predicted octanol–water partition coefficient (Wildman–Crippen LogP) is -1.34. The molecule has 0 saturated carbocycles. The Morgan fingerprint density at radius 2 is 1.00 bits per heavy atom. The summed E-state index contributed by atoms with van der Waals surface area (Å²) in [6, 6.07) is 0. The van der Waals surface area contributed by atoms with Gasteiger partial charge in [0, 0.05) is 36.5 Å². The Balaban J connectivity index is 0. The van der Waals surface area contributed by atoms with E-state index in [1.807, 2.05) is 0 Å². The Hall–Kier alpha value is 2.04. The fourth-order valence-electron chi connectivity index (χ4n) is 0. The van der Waals surface area contributed by atoms with E-state index in [-0.39, 0.29) is 67.6 Å². The Bertz CT molecular complexity index is 8.00. The van der Waals surface area contributed by atoms with Crippen LogP contribution in [0.4, 0.5) is 0 Å². The first-order valence-corrected chi connectivity index (χ1v) is 0. The van der Waals surface area contributed by atoms with Crippen LogP contribution in [0.1, 0.15) is 0 Å². The molecule has 0 aromatic rings. The van der Waals surface area contributed by atoms with Gasteiger partial charge < -0.3 is 0 Å². The maximum atomic E-state index is 0. The zero-order valence-electron chi connectivity index (χ0n) is 1.51. The largest absolute Gasteiger partial charge is 0 e. The van der Waals surface area contributed by atoms with Gasteiger partial charge in [-0.05, 0) is 0 Å². The summed E-state index contributed by atoms with van der Waals surface area (Å²) in [5, 5.41) is 0. The molecule has 0 unspecified atom stereocenters. The standard InChI is InChI=1S/Cu.GeH4.H2S.Zn/h;1H4;1H2;. The van der Waals surface area contributed by atoms with Crippen molar-refractivity contribution in [1.29, 1.82) is 0 Å². The molecule has 0 bridgehead atoms. The molecule has 0 aliphatic carbocycles. The molecule has 0 nitrogen and oxygen atoms in total. The van der Waals surface area contributed by atoms with Crippen LogP contribution in [0, 0.1) is 0 Å². The molecule has 1 radical (unpaired) electrons. The molecule has 0 atom stereocenters. The molecule has 0 amide bonds. The molecule has 0 saturated heterocycles. The number of hydrogen-bond acceptors (Lipinski definition) is 0. The van der Waals surface area contributed by atoms with E-state index < -0.39 is 0 Å². The molecule has 29 valence electrons. The van der Waals surface area contributed by atoms with Crippen molar-refractivity contribution in [3.8, 4) is 0 Å². The summed E-state index contributed by atoms with van der Waals surface area (Å²) in [7, 11) is 0. The van der Waals surface area contributed by atoms with Gasteiger partial charge in [-0.15, -0.1) is 0 Å². The summed E-state index contributed by atoms with van der Waals surface area (Å²) in [5.74, 6) is 0. The third-order valence-corrected chi connectivity index (χ3v) is 0. The Labute approximate surface area is 67.1 Å². The molecule has 4 heteroatoms. The molecule has 0 spiro atoms. The average molecular weight is 240 g/mol. The van der Waals surface area contributed by atoms with Crippen LogP contribution in [0.3, 0.4) is 0 Å². The summed E-state index contributed by atoms with van der Waals surface area (Å²) in [4.78, 5) is 0. The second-order valence-electron chi connectivity index (χ2n) is 0. The van der Waals surface area contributed by atoms with Crippen molar-refractivity contribution in [2.45, 2.75) is 0 Å². The van der Waals surface area contributed by atoms with Gasteiger partial charge >= 0.3 is 17.6 Å². The predicted molar refractivity (Wildman–Crippen MR) is 21.7 cm³/mol. The molecule has 0 N–H and O–H groups in total. The van der Waals surface area contributed by atoms with Crippen LogP contribution in [-0.4, -0.2) is 17.6 Å². The third-order valence-electron chi connectivity index (χ3n) is 0. The Kier molecular flexibility index (Phi) is 183. The van der Waals surface area contributed by atoms with Gasteiger partial charge in [0.1, 0.15) is 0 Å². The first kappa shape index (κ1) is 36.9. The minimum Gasteiger partial charge on any atom is 0 e. The van der Waals surface area contributed by atoms with E-state index in [1.165, 1.54) is 0 Å². The van der Waals surface area contributed by atoms with Crippen LogP contribution >= 0.6 is 13.5 Å². The molecule has 0 rings (SSSR count). The van der Waals surface area contributed by atoms with Gasteiger partial charge in [-0.25, -0.2) is 0 Å². The van der Waals surface area contributed by atoms with Crippen molar-refractivity contribution in [1.82, 2.24) is 0 Å². The van der Waals surface area contributed by atoms with Crippen LogP contribution < -0.4 is 0 Å². The van der Waals surface area contributed by atoms with Gasteiger partial charge in [-0.3, -0.25) is 0 Å². The van der Waals surface area contributed by atoms with E-state index in [4.69, 9.17) is 0 Å². The summed E-state index contributed by atoms with van der Waals surface area (Å²) >= 11 is 0. The molecule has 0 aromatic carbocycles. The quantitative estimate of drug-likeness (QED) is 0.459. The molecule has 0 aliphatic rings. The minimum absolute atomic E-state index is 0. The number of hydrogen-bond donors (Lipinski definition) is 0. The summed E-state index contributed by atoms with van der Waals surface area (Å²) in [5.41, 5.74) is 0. The van der Waals surface area contributed by atoms with Crippen LogP contribution in [0.15, 0.2) is 0 Å². The summed E-state index contributed by atoms with van der Waals surface area (Å²) in [6.45, 7) is 0. The van der Waals surface area contributed by atoms with Crippen LogP contribution in [0.5, 0.6) is 0 Å². The molecule has 0 aliphatic heterocycles. The topological polar surface area (TPSA) is 0 Å². The van der Waals surface area contributed by atoms with Gasteiger partial charge in [0.2, 0.25) is 0 Å². The van der Waals surface area contributed by atoms with E-state index in [9.17, 15) is 0 Å². The zero-order valence-corrected chi connectivity index (χ0v) is 6.42. The maximum Gasteiger partial charge on any atom is 0 e. The van der Waals surface area contributed by atoms with E-state index in [0.29, 0.717) is 0 Å². The average Bonchev–Trinajstić information content (AvgIpc) is 0. The molecular weight excluding hydrogens is 234 g/mol. The maximum absolute atomic E-state index is 0. The Morgan fingerprint density at radius 3 is 1.00 bits per heavy atom. The van der Waals surface area contributed by atoms with Gasteiger partial charge in [0.25, 0.3) is 0 Å². The van der Waals surface area contributed by atoms with Crippen molar-refractivity contribution < 1.29 is 36.5 Å². The number of rotatable bonds is 0. The summed E-state index contributed by atoms with van der Waals surface area (Å²) < 4.78 is 0. The monoisotopic (exact) mass is 239 g/mol. The van der Waals surface area contributed by atoms with E-state index in [2.05, 4.69) is 0 Å². The molecular formula is H6CuGeSZn. The van der Waals surface area contributed by atoms with Gasteiger partial charge in [0.05, 0.1) is 0 Å². The van der Waals surface area contributed by atoms with Crippen molar-refractivity contribution in [3.63, 3.8) is 0 Å². The second-order valence-corrected chi connectivity index (χ2v) is 0. The fourth-order valence-corrected chi connectivity index (χ4v) is 0. The van der Waals surface area contributed by atoms with Crippen molar-refractivity contribution >= 4 is 31.1 Å². The van der Waals surface area contributed by atoms with E-state index in [1.54, 1.807) is 0 Å². The zero-order chi connectivity index (χ0) is 0. The van der Waals surface area contributed by atoms with E-state index in [0.717, 1.165) is 0 Å². The Morgan fingerprint density at radius 1 is 1.00 bits per heavy atom. The van der Waals surface area contributed by atoms with E-state index >= 15 is 0 Å². The molecule has 0 fully saturated rings. The SMILES string of the molecule is S.[Cu].[GeH4].[Zn]. The molecule has 4 heavy (non-hydrogen) atoms. The minimum atomic E-state index is 0. The van der Waals surface area contributed by atoms with Gasteiger partial charge in [-0.1, -0.05) is 0 Å². The van der Waals surface area contributed by atoms with Crippen LogP contribution in [0.25, 0.3) is 0 Å². The van der Waals surface area contributed by atoms with Crippen molar-refractivity contribution in [3.05, 3.63) is 0 Å². The third kappa shape index (κ3) is 8.97. The first-order chi connectivity index (χ1) is 0. The van der Waals surface area contributed by atoms with Crippen LogP contribution in [0.2, 0.25) is 0 Å². The molecule has 0 heterocycles. The second kappa shape index (κ2) is 19.8. The summed E-state index contributed by atoms with van der Waals surface area (Å²) in [6.07, 6.45) is 0. The molecule has 0 aromatic heterocycles. The smallest absolute Gasteiger partial charge is 0 e. The first-order valence-electron chi connectivity index (χ1n) is 0. The van der Waals surface area contributed by atoms with Crippen molar-refractivity contribution in [2.75, 3.05) is 0 Å². The normalized spacial score (nSPS) is 0. The van der Waals surface area contributed by atoms with Crippen molar-refractivity contribution in [2.24, 2.45) is 0 Å². The van der Waals surface area contributed by atoms with Crippen LogP contribution in [-0.2, 0) is 36.5 Å². The van der Waals surface area contributed by atoms with Gasteiger partial charge in [-0.2, -0.15) is 13.5 Å². The fraction of sp³-hybridized carbons (Fsp3) is 0. The van der Waals surface area contributed by atoms with Gasteiger partial charge in [0.15, 0.2) is 0 Å².